The second-order valence-corrected chi connectivity index (χ2v) is 7.45. The molecule has 0 aliphatic carbocycles. The average Bonchev–Trinajstić information content (AvgIpc) is 2.63. The highest BCUT2D eigenvalue weighted by Gasteiger charge is 2.19. The van der Waals surface area contributed by atoms with Gasteiger partial charge in [0.15, 0.2) is 11.5 Å². The molecule has 8 heteroatoms. The number of rotatable bonds is 5. The van der Waals surface area contributed by atoms with Crippen LogP contribution in [0.1, 0.15) is 13.3 Å². The summed E-state index contributed by atoms with van der Waals surface area (Å²) in [6, 6.07) is 3.11. The molecule has 0 aromatic heterocycles. The van der Waals surface area contributed by atoms with E-state index in [0.29, 0.717) is 24.7 Å². The van der Waals surface area contributed by atoms with Crippen molar-refractivity contribution in [3.63, 3.8) is 0 Å². The minimum Gasteiger partial charge on any atom is -0.490 e. The number of alkyl halides is 1. The van der Waals surface area contributed by atoms with Crippen molar-refractivity contribution in [3.8, 4) is 11.5 Å². The molecule has 1 heterocycles. The monoisotopic (exact) mass is 353 g/mol. The highest BCUT2D eigenvalue weighted by atomic mass is 35.5. The van der Waals surface area contributed by atoms with Crippen LogP contribution in [-0.2, 0) is 10.0 Å². The van der Waals surface area contributed by atoms with Gasteiger partial charge in [-0.1, -0.05) is 18.5 Å². The second-order valence-electron chi connectivity index (χ2n) is 4.97. The lowest BCUT2D eigenvalue weighted by Crippen LogP contribution is -2.22. The topological polar surface area (TPSA) is 64.6 Å². The first kappa shape index (κ1) is 16.5. The maximum absolute atomic E-state index is 12.1. The number of ether oxygens (including phenoxy) is 2. The minimum absolute atomic E-state index is 0.0682. The highest BCUT2D eigenvalue weighted by Crippen LogP contribution is 2.38. The van der Waals surface area contributed by atoms with Gasteiger partial charge in [-0.3, -0.25) is 4.72 Å². The lowest BCUT2D eigenvalue weighted by atomic mass is 10.3. The van der Waals surface area contributed by atoms with E-state index in [-0.39, 0.29) is 28.3 Å². The van der Waals surface area contributed by atoms with Crippen molar-refractivity contribution in [1.29, 1.82) is 0 Å². The predicted molar refractivity (Wildman–Crippen MR) is 84.4 cm³/mol. The van der Waals surface area contributed by atoms with E-state index < -0.39 is 10.0 Å². The van der Waals surface area contributed by atoms with E-state index in [2.05, 4.69) is 4.72 Å². The van der Waals surface area contributed by atoms with Crippen molar-refractivity contribution in [3.05, 3.63) is 17.2 Å². The molecule has 1 aliphatic heterocycles. The van der Waals surface area contributed by atoms with Gasteiger partial charge in [-0.05, 0) is 5.92 Å². The number of halogens is 2. The molecule has 0 saturated carbocycles. The molecule has 1 atom stereocenters. The van der Waals surface area contributed by atoms with Gasteiger partial charge in [0, 0.05) is 24.4 Å². The number of hydrogen-bond donors (Lipinski definition) is 1. The van der Waals surface area contributed by atoms with Crippen LogP contribution in [-0.4, -0.2) is 33.3 Å². The van der Waals surface area contributed by atoms with E-state index in [0.717, 1.165) is 6.42 Å². The summed E-state index contributed by atoms with van der Waals surface area (Å²) in [4.78, 5) is 0. The maximum Gasteiger partial charge on any atom is 0.233 e. The Bertz CT molecular complexity index is 606. The molecule has 1 aliphatic rings. The van der Waals surface area contributed by atoms with Gasteiger partial charge in [-0.25, -0.2) is 8.42 Å². The maximum atomic E-state index is 12.1. The summed E-state index contributed by atoms with van der Waals surface area (Å²) >= 11 is 11.8. The van der Waals surface area contributed by atoms with Crippen molar-refractivity contribution in [2.45, 2.75) is 13.3 Å². The zero-order valence-electron chi connectivity index (χ0n) is 11.6. The van der Waals surface area contributed by atoms with E-state index in [4.69, 9.17) is 32.7 Å². The molecule has 5 nitrogen and oxygen atoms in total. The molecule has 0 spiro atoms. The number of benzene rings is 1. The van der Waals surface area contributed by atoms with Gasteiger partial charge >= 0.3 is 0 Å². The van der Waals surface area contributed by atoms with Crippen LogP contribution >= 0.6 is 23.2 Å². The molecule has 118 valence electrons. The van der Waals surface area contributed by atoms with Gasteiger partial charge < -0.3 is 9.47 Å². The molecule has 1 unspecified atom stereocenters. The lowest BCUT2D eigenvalue weighted by Gasteiger charge is -2.14. The zero-order chi connectivity index (χ0) is 15.5. The third kappa shape index (κ3) is 4.56. The molecular formula is C13H17Cl2NO4S. The molecule has 0 bridgehead atoms. The van der Waals surface area contributed by atoms with Crippen LogP contribution in [0.3, 0.4) is 0 Å². The predicted octanol–water partition coefficient (Wildman–Crippen LogP) is 3.12. The van der Waals surface area contributed by atoms with Gasteiger partial charge in [0.2, 0.25) is 10.0 Å². The van der Waals surface area contributed by atoms with E-state index in [9.17, 15) is 8.42 Å². The fourth-order valence-electron chi connectivity index (χ4n) is 1.89. The Morgan fingerprint density at radius 3 is 2.52 bits per heavy atom. The number of nitrogens with one attached hydrogen (secondary N) is 1. The van der Waals surface area contributed by atoms with Crippen LogP contribution < -0.4 is 14.2 Å². The Balaban J connectivity index is 2.22. The molecule has 1 aromatic rings. The summed E-state index contributed by atoms with van der Waals surface area (Å²) in [6.07, 6.45) is 0.764. The highest BCUT2D eigenvalue weighted by molar-refractivity contribution is 7.92. The second kappa shape index (κ2) is 6.94. The summed E-state index contributed by atoms with van der Waals surface area (Å²) in [6.45, 7) is 2.83. The SMILES string of the molecule is CC(CCl)CS(=O)(=O)Nc1cc2c(cc1Cl)OCCCO2. The van der Waals surface area contributed by atoms with Crippen LogP contribution in [0, 0.1) is 5.92 Å². The van der Waals surface area contributed by atoms with Crippen LogP contribution in [0.15, 0.2) is 12.1 Å². The Morgan fingerprint density at radius 2 is 1.90 bits per heavy atom. The quantitative estimate of drug-likeness (QED) is 0.826. The molecular weight excluding hydrogens is 337 g/mol. The molecule has 0 amide bonds. The van der Waals surface area contributed by atoms with Crippen LogP contribution in [0.25, 0.3) is 0 Å². The smallest absolute Gasteiger partial charge is 0.233 e. The molecule has 0 radical (unpaired) electrons. The number of hydrogen-bond acceptors (Lipinski definition) is 4. The number of sulfonamides is 1. The van der Waals surface area contributed by atoms with Crippen molar-refractivity contribution in [2.75, 3.05) is 29.6 Å². The summed E-state index contributed by atoms with van der Waals surface area (Å²) in [5.74, 6) is 1.06. The lowest BCUT2D eigenvalue weighted by molar-refractivity contribution is 0.297. The Morgan fingerprint density at radius 1 is 1.29 bits per heavy atom. The summed E-state index contributed by atoms with van der Waals surface area (Å²) < 4.78 is 37.6. The van der Waals surface area contributed by atoms with Crippen LogP contribution in [0.2, 0.25) is 5.02 Å². The van der Waals surface area contributed by atoms with Crippen molar-refractivity contribution in [1.82, 2.24) is 0 Å². The molecule has 0 fully saturated rings. The van der Waals surface area contributed by atoms with E-state index >= 15 is 0 Å². The van der Waals surface area contributed by atoms with E-state index in [1.807, 2.05) is 0 Å². The first-order chi connectivity index (χ1) is 9.91. The first-order valence-corrected chi connectivity index (χ1v) is 9.13. The molecule has 21 heavy (non-hydrogen) atoms. The van der Waals surface area contributed by atoms with Gasteiger partial charge in [0.05, 0.1) is 29.7 Å². The standard InChI is InChI=1S/C13H17Cl2NO4S/c1-9(7-14)8-21(17,18)16-11-6-13-12(5-10(11)15)19-3-2-4-20-13/h5-6,9,16H,2-4,7-8H2,1H3. The third-order valence-corrected chi connectivity index (χ3v) is 5.25. The van der Waals surface area contributed by atoms with Crippen LogP contribution in [0.5, 0.6) is 11.5 Å². The Labute approximate surface area is 134 Å². The average molecular weight is 354 g/mol. The normalized spacial score (nSPS) is 16.1. The Hall–Kier alpha value is -0.850. The zero-order valence-corrected chi connectivity index (χ0v) is 13.9. The van der Waals surface area contributed by atoms with E-state index in [1.54, 1.807) is 19.1 Å². The fourth-order valence-corrected chi connectivity index (χ4v) is 3.84. The van der Waals surface area contributed by atoms with Gasteiger partial charge in [-0.2, -0.15) is 0 Å². The van der Waals surface area contributed by atoms with Crippen LogP contribution in [0.4, 0.5) is 5.69 Å². The summed E-state index contributed by atoms with van der Waals surface area (Å²) in [5, 5.41) is 0.265. The fraction of sp³-hybridized carbons (Fsp3) is 0.538. The van der Waals surface area contributed by atoms with E-state index in [1.165, 1.54) is 0 Å². The largest absolute Gasteiger partial charge is 0.490 e. The summed E-state index contributed by atoms with van der Waals surface area (Å²) in [7, 11) is -3.52. The van der Waals surface area contributed by atoms with Gasteiger partial charge in [0.25, 0.3) is 0 Å². The minimum atomic E-state index is -3.52. The van der Waals surface area contributed by atoms with Gasteiger partial charge in [0.1, 0.15) is 0 Å². The number of fused-ring (bicyclic) bond motifs is 1. The van der Waals surface area contributed by atoms with Crippen molar-refractivity contribution >= 4 is 38.9 Å². The summed E-state index contributed by atoms with van der Waals surface area (Å²) in [5.41, 5.74) is 0.280. The van der Waals surface area contributed by atoms with Gasteiger partial charge in [-0.15, -0.1) is 11.6 Å². The number of anilines is 1. The first-order valence-electron chi connectivity index (χ1n) is 6.57. The Kier molecular flexibility index (Phi) is 5.46. The molecule has 2 rings (SSSR count). The molecule has 1 aromatic carbocycles. The third-order valence-electron chi connectivity index (χ3n) is 2.87. The molecule has 1 N–H and O–H groups in total. The molecule has 0 saturated heterocycles. The van der Waals surface area contributed by atoms with Crippen molar-refractivity contribution in [2.24, 2.45) is 5.92 Å². The van der Waals surface area contributed by atoms with Crippen molar-refractivity contribution < 1.29 is 17.9 Å².